The summed E-state index contributed by atoms with van der Waals surface area (Å²) in [5.74, 6) is 0.822. The highest BCUT2D eigenvalue weighted by Crippen LogP contribution is 2.13. The molecular weight excluding hydrogens is 242 g/mol. The van der Waals surface area contributed by atoms with E-state index in [4.69, 9.17) is 0 Å². The number of carbonyl (C=O) groups excluding carboxylic acids is 1. The summed E-state index contributed by atoms with van der Waals surface area (Å²) in [5, 5.41) is 7.00. The van der Waals surface area contributed by atoms with Crippen molar-refractivity contribution in [2.45, 2.75) is 25.7 Å². The van der Waals surface area contributed by atoms with Gasteiger partial charge in [-0.1, -0.05) is 0 Å². The molecule has 2 aromatic rings. The van der Waals surface area contributed by atoms with Crippen molar-refractivity contribution in [2.75, 3.05) is 6.54 Å². The quantitative estimate of drug-likeness (QED) is 0.847. The summed E-state index contributed by atoms with van der Waals surface area (Å²) < 4.78 is 1.79. The van der Waals surface area contributed by atoms with Crippen molar-refractivity contribution in [1.29, 1.82) is 0 Å². The second-order valence-corrected chi connectivity index (χ2v) is 4.89. The van der Waals surface area contributed by atoms with Crippen LogP contribution < -0.4 is 5.32 Å². The molecule has 0 saturated carbocycles. The van der Waals surface area contributed by atoms with E-state index in [9.17, 15) is 4.79 Å². The van der Waals surface area contributed by atoms with Crippen LogP contribution in [0.4, 0.5) is 0 Å². The molecule has 6 nitrogen and oxygen atoms in total. The van der Waals surface area contributed by atoms with Gasteiger partial charge < -0.3 is 10.3 Å². The number of aromatic nitrogens is 4. The Morgan fingerprint density at radius 1 is 1.42 bits per heavy atom. The monoisotopic (exact) mass is 259 g/mol. The zero-order chi connectivity index (χ0) is 13.2. The summed E-state index contributed by atoms with van der Waals surface area (Å²) in [7, 11) is 1.91. The van der Waals surface area contributed by atoms with E-state index >= 15 is 0 Å². The molecule has 3 rings (SSSR count). The van der Waals surface area contributed by atoms with E-state index in [1.54, 1.807) is 4.68 Å². The van der Waals surface area contributed by atoms with E-state index in [2.05, 4.69) is 20.4 Å². The van der Waals surface area contributed by atoms with Crippen LogP contribution in [0.3, 0.4) is 0 Å². The van der Waals surface area contributed by atoms with Gasteiger partial charge in [0.25, 0.3) is 5.91 Å². The fourth-order valence-electron chi connectivity index (χ4n) is 2.37. The Morgan fingerprint density at radius 3 is 3.11 bits per heavy atom. The predicted octanol–water partition coefficient (Wildman–Crippen LogP) is 0.604. The average Bonchev–Trinajstić information content (AvgIpc) is 2.95. The normalized spacial score (nSPS) is 14.9. The van der Waals surface area contributed by atoms with Gasteiger partial charge >= 0.3 is 0 Å². The molecule has 0 aliphatic carbocycles. The number of hydrogen-bond donors (Lipinski definition) is 2. The molecule has 0 atom stereocenters. The highest BCUT2D eigenvalue weighted by molar-refractivity contribution is 5.93. The van der Waals surface area contributed by atoms with Crippen molar-refractivity contribution >= 4 is 5.91 Å². The Morgan fingerprint density at radius 2 is 2.32 bits per heavy atom. The van der Waals surface area contributed by atoms with Gasteiger partial charge in [0.15, 0.2) is 0 Å². The fourth-order valence-corrected chi connectivity index (χ4v) is 2.37. The van der Waals surface area contributed by atoms with E-state index < -0.39 is 0 Å². The largest absolute Gasteiger partial charge is 0.351 e. The van der Waals surface area contributed by atoms with Crippen LogP contribution in [0.5, 0.6) is 0 Å². The third-order valence-electron chi connectivity index (χ3n) is 3.34. The number of aromatic amines is 1. The molecule has 0 aromatic carbocycles. The van der Waals surface area contributed by atoms with Gasteiger partial charge in [-0.25, -0.2) is 4.98 Å². The molecule has 0 fully saturated rings. The van der Waals surface area contributed by atoms with Gasteiger partial charge in [-0.05, 0) is 24.8 Å². The van der Waals surface area contributed by atoms with Crippen LogP contribution in [0.25, 0.3) is 0 Å². The summed E-state index contributed by atoms with van der Waals surface area (Å²) in [6.07, 6.45) is 7.38. The molecule has 0 saturated heterocycles. The molecule has 0 radical (unpaired) electrons. The summed E-state index contributed by atoms with van der Waals surface area (Å²) in [6, 6.07) is 0. The number of carbonyl (C=O) groups is 1. The molecule has 1 aliphatic heterocycles. The Labute approximate surface area is 111 Å². The van der Waals surface area contributed by atoms with Crippen molar-refractivity contribution in [3.8, 4) is 0 Å². The maximum absolute atomic E-state index is 11.8. The molecule has 0 spiro atoms. The van der Waals surface area contributed by atoms with Gasteiger partial charge in [0.2, 0.25) is 0 Å². The molecule has 100 valence electrons. The molecule has 1 amide bonds. The highest BCUT2D eigenvalue weighted by Gasteiger charge is 2.19. The van der Waals surface area contributed by atoms with Crippen LogP contribution >= 0.6 is 0 Å². The van der Waals surface area contributed by atoms with Crippen LogP contribution in [-0.4, -0.2) is 32.2 Å². The Bertz CT molecular complexity index is 598. The van der Waals surface area contributed by atoms with Gasteiger partial charge in [0.05, 0.1) is 6.20 Å². The molecule has 3 heterocycles. The molecule has 2 N–H and O–H groups in total. The van der Waals surface area contributed by atoms with E-state index in [0.29, 0.717) is 5.69 Å². The number of amides is 1. The van der Waals surface area contributed by atoms with Crippen LogP contribution in [0.15, 0.2) is 12.4 Å². The number of imidazole rings is 1. The third-order valence-corrected chi connectivity index (χ3v) is 3.34. The van der Waals surface area contributed by atoms with E-state index in [0.717, 1.165) is 43.7 Å². The smallest absolute Gasteiger partial charge is 0.271 e. The lowest BCUT2D eigenvalue weighted by atomic mass is 10.2. The minimum absolute atomic E-state index is 0.0589. The van der Waals surface area contributed by atoms with Gasteiger partial charge in [-0.15, -0.1) is 0 Å². The molecule has 0 unspecified atom stereocenters. The first-order chi connectivity index (χ1) is 9.22. The first-order valence-electron chi connectivity index (χ1n) is 6.56. The fraction of sp³-hybridized carbons (Fsp3) is 0.462. The summed E-state index contributed by atoms with van der Waals surface area (Å²) in [6.45, 7) is 0.730. The number of fused-ring (bicyclic) bond motifs is 1. The summed E-state index contributed by atoms with van der Waals surface area (Å²) >= 11 is 0. The van der Waals surface area contributed by atoms with Crippen LogP contribution in [0, 0.1) is 0 Å². The topological polar surface area (TPSA) is 75.6 Å². The van der Waals surface area contributed by atoms with E-state index in [-0.39, 0.29) is 5.91 Å². The zero-order valence-corrected chi connectivity index (χ0v) is 10.9. The van der Waals surface area contributed by atoms with Gasteiger partial charge in [-0.3, -0.25) is 9.48 Å². The lowest BCUT2D eigenvalue weighted by Gasteiger charge is -1.97. The first kappa shape index (κ1) is 12.0. The van der Waals surface area contributed by atoms with Crippen LogP contribution in [0.1, 0.15) is 34.0 Å². The zero-order valence-electron chi connectivity index (χ0n) is 10.9. The second kappa shape index (κ2) is 4.87. The van der Waals surface area contributed by atoms with Crippen molar-refractivity contribution in [2.24, 2.45) is 7.05 Å². The highest BCUT2D eigenvalue weighted by atomic mass is 16.1. The summed E-state index contributed by atoms with van der Waals surface area (Å²) in [5.41, 5.74) is 2.72. The number of aryl methyl sites for hydroxylation is 4. The van der Waals surface area contributed by atoms with Crippen LogP contribution in [0.2, 0.25) is 0 Å². The van der Waals surface area contributed by atoms with Gasteiger partial charge in [-0.2, -0.15) is 5.10 Å². The molecular formula is C13H17N5O. The van der Waals surface area contributed by atoms with Crippen molar-refractivity contribution in [3.05, 3.63) is 35.2 Å². The van der Waals surface area contributed by atoms with E-state index in [1.807, 2.05) is 19.4 Å². The Balaban J connectivity index is 1.72. The number of hydrogen-bond acceptors (Lipinski definition) is 3. The minimum Gasteiger partial charge on any atom is -0.351 e. The maximum Gasteiger partial charge on any atom is 0.271 e. The molecule has 6 heteroatoms. The number of rotatable bonds is 3. The number of nitrogens with zero attached hydrogens (tertiary/aromatic N) is 3. The maximum atomic E-state index is 11.8. The van der Waals surface area contributed by atoms with E-state index in [1.165, 1.54) is 5.56 Å². The van der Waals surface area contributed by atoms with Crippen molar-refractivity contribution < 1.29 is 4.79 Å². The van der Waals surface area contributed by atoms with Crippen molar-refractivity contribution in [1.82, 2.24) is 25.1 Å². The SMILES string of the molecule is Cn1cc(CCc2nc3c([nH]2)CCCNC3=O)cn1. The van der Waals surface area contributed by atoms with Gasteiger partial charge in [0, 0.05) is 31.9 Å². The molecule has 19 heavy (non-hydrogen) atoms. The minimum atomic E-state index is -0.0589. The van der Waals surface area contributed by atoms with Crippen LogP contribution in [-0.2, 0) is 26.3 Å². The first-order valence-corrected chi connectivity index (χ1v) is 6.56. The number of H-pyrrole nitrogens is 1. The molecule has 0 bridgehead atoms. The second-order valence-electron chi connectivity index (χ2n) is 4.89. The third kappa shape index (κ3) is 2.52. The summed E-state index contributed by atoms with van der Waals surface area (Å²) in [4.78, 5) is 19.5. The lowest BCUT2D eigenvalue weighted by Crippen LogP contribution is -2.23. The van der Waals surface area contributed by atoms with Crippen molar-refractivity contribution in [3.63, 3.8) is 0 Å². The standard InChI is InChI=1S/C13H17N5O/c1-18-8-9(7-15-18)4-5-11-16-10-3-2-6-14-13(19)12(10)17-11/h7-8H,2-6H2,1H3,(H,14,19)(H,16,17). The molecule has 1 aliphatic rings. The average molecular weight is 259 g/mol. The molecule has 2 aromatic heterocycles. The predicted molar refractivity (Wildman–Crippen MR) is 69.9 cm³/mol. The Hall–Kier alpha value is -2.11. The number of nitrogens with one attached hydrogen (secondary N) is 2. The van der Waals surface area contributed by atoms with Gasteiger partial charge in [0.1, 0.15) is 11.5 Å². The lowest BCUT2D eigenvalue weighted by molar-refractivity contribution is 0.0951. The Kier molecular flexibility index (Phi) is 3.06.